The molecule has 0 aliphatic heterocycles. The van der Waals surface area contributed by atoms with Crippen LogP contribution in [0.1, 0.15) is 36.0 Å². The fourth-order valence-electron chi connectivity index (χ4n) is 2.88. The molecule has 1 N–H and O–H groups in total. The van der Waals surface area contributed by atoms with E-state index in [9.17, 15) is 4.79 Å². The third-order valence-electron chi connectivity index (χ3n) is 4.21. The van der Waals surface area contributed by atoms with E-state index in [1.165, 1.54) is 25.7 Å². The Kier molecular flexibility index (Phi) is 6.55. The normalized spacial score (nSPS) is 21.9. The summed E-state index contributed by atoms with van der Waals surface area (Å²) < 4.78 is 5.97. The van der Waals surface area contributed by atoms with Gasteiger partial charge in [0.1, 0.15) is 5.75 Å². The van der Waals surface area contributed by atoms with Gasteiger partial charge in [0.15, 0.2) is 0 Å². The lowest BCUT2D eigenvalue weighted by Gasteiger charge is -2.30. The monoisotopic (exact) mass is 417 g/mol. The minimum absolute atomic E-state index is 0.0420. The van der Waals surface area contributed by atoms with Crippen LogP contribution in [-0.2, 0) is 0 Å². The molecule has 0 radical (unpaired) electrons. The predicted octanol–water partition coefficient (Wildman–Crippen LogP) is 4.39. The highest BCUT2D eigenvalue weighted by atomic mass is 79.9. The summed E-state index contributed by atoms with van der Waals surface area (Å²) in [4.78, 5) is 12.4. The number of nitrogens with one attached hydrogen (secondary N) is 1. The first-order chi connectivity index (χ1) is 10.2. The maximum Gasteiger partial charge on any atom is 0.252 e. The summed E-state index contributed by atoms with van der Waals surface area (Å²) >= 11 is 7.02. The topological polar surface area (TPSA) is 38.3 Å². The Morgan fingerprint density at radius 1 is 1.33 bits per heavy atom. The number of rotatable bonds is 5. The molecule has 2 rings (SSSR count). The van der Waals surface area contributed by atoms with E-state index in [2.05, 4.69) is 37.2 Å². The van der Waals surface area contributed by atoms with Crippen molar-refractivity contribution in [2.75, 3.05) is 19.0 Å². The van der Waals surface area contributed by atoms with E-state index < -0.39 is 0 Å². The van der Waals surface area contributed by atoms with Gasteiger partial charge in [-0.15, -0.1) is 0 Å². The number of carbonyl (C=O) groups excluding carboxylic acids is 1. The van der Waals surface area contributed by atoms with E-state index in [-0.39, 0.29) is 5.91 Å². The second-order valence-corrected chi connectivity index (χ2v) is 7.02. The molecule has 0 saturated heterocycles. The van der Waals surface area contributed by atoms with Crippen LogP contribution < -0.4 is 10.1 Å². The van der Waals surface area contributed by atoms with Crippen molar-refractivity contribution >= 4 is 37.8 Å². The van der Waals surface area contributed by atoms with Crippen LogP contribution in [0.5, 0.6) is 5.75 Å². The summed E-state index contributed by atoms with van der Waals surface area (Å²) in [6, 6.07) is 5.45. The standard InChI is InChI=1S/C16H21Br2NO2/c1-21-13-6-7-15(18)14(8-13)16(20)19-10-12-5-3-2-4-11(12)9-17/h6-8,11-12H,2-5,9-10H2,1H3,(H,19,20). The van der Waals surface area contributed by atoms with Gasteiger partial charge < -0.3 is 10.1 Å². The van der Waals surface area contributed by atoms with E-state index in [0.29, 0.717) is 23.1 Å². The molecule has 116 valence electrons. The van der Waals surface area contributed by atoms with Crippen molar-refractivity contribution in [3.05, 3.63) is 28.2 Å². The number of carbonyl (C=O) groups is 1. The molecule has 21 heavy (non-hydrogen) atoms. The molecule has 5 heteroatoms. The third-order valence-corrected chi connectivity index (χ3v) is 5.73. The van der Waals surface area contributed by atoms with Gasteiger partial charge in [-0.05, 0) is 58.8 Å². The second kappa shape index (κ2) is 8.18. The number of benzene rings is 1. The highest BCUT2D eigenvalue weighted by Crippen LogP contribution is 2.31. The molecule has 0 bridgehead atoms. The van der Waals surface area contributed by atoms with Crippen molar-refractivity contribution in [1.82, 2.24) is 5.32 Å². The first kappa shape index (κ1) is 16.8. The average molecular weight is 419 g/mol. The molecule has 3 nitrogen and oxygen atoms in total. The Morgan fingerprint density at radius 2 is 2.05 bits per heavy atom. The van der Waals surface area contributed by atoms with Gasteiger partial charge in [0.05, 0.1) is 12.7 Å². The van der Waals surface area contributed by atoms with Crippen LogP contribution in [0, 0.1) is 11.8 Å². The Labute approximate surface area is 143 Å². The van der Waals surface area contributed by atoms with Gasteiger partial charge in [-0.3, -0.25) is 4.79 Å². The van der Waals surface area contributed by atoms with E-state index in [4.69, 9.17) is 4.74 Å². The van der Waals surface area contributed by atoms with Gasteiger partial charge in [0, 0.05) is 16.3 Å². The van der Waals surface area contributed by atoms with Gasteiger partial charge in [0.25, 0.3) is 5.91 Å². The maximum absolute atomic E-state index is 12.4. The first-order valence-electron chi connectivity index (χ1n) is 7.33. The Morgan fingerprint density at radius 3 is 2.71 bits per heavy atom. The minimum Gasteiger partial charge on any atom is -0.497 e. The number of hydrogen-bond acceptors (Lipinski definition) is 2. The van der Waals surface area contributed by atoms with Crippen LogP contribution >= 0.6 is 31.9 Å². The summed E-state index contributed by atoms with van der Waals surface area (Å²) in [6.07, 6.45) is 5.04. The molecule has 0 spiro atoms. The Balaban J connectivity index is 1.98. The molecule has 1 fully saturated rings. The van der Waals surface area contributed by atoms with Crippen molar-refractivity contribution in [1.29, 1.82) is 0 Å². The van der Waals surface area contributed by atoms with Gasteiger partial charge in [0.2, 0.25) is 0 Å². The zero-order chi connectivity index (χ0) is 15.2. The second-order valence-electron chi connectivity index (χ2n) is 5.51. The lowest BCUT2D eigenvalue weighted by atomic mass is 9.80. The summed E-state index contributed by atoms with van der Waals surface area (Å²) in [5.41, 5.74) is 0.626. The average Bonchev–Trinajstić information content (AvgIpc) is 2.53. The fraction of sp³-hybridized carbons (Fsp3) is 0.562. The van der Waals surface area contributed by atoms with Crippen molar-refractivity contribution in [3.63, 3.8) is 0 Å². The molecular weight excluding hydrogens is 398 g/mol. The largest absolute Gasteiger partial charge is 0.497 e. The van der Waals surface area contributed by atoms with Crippen LogP contribution in [0.3, 0.4) is 0 Å². The lowest BCUT2D eigenvalue weighted by molar-refractivity contribution is 0.0936. The molecule has 1 amide bonds. The van der Waals surface area contributed by atoms with E-state index >= 15 is 0 Å². The van der Waals surface area contributed by atoms with Gasteiger partial charge in [-0.1, -0.05) is 28.8 Å². The molecular formula is C16H21Br2NO2. The number of amides is 1. The zero-order valence-corrected chi connectivity index (χ0v) is 15.4. The van der Waals surface area contributed by atoms with Crippen molar-refractivity contribution in [3.8, 4) is 5.75 Å². The highest BCUT2D eigenvalue weighted by Gasteiger charge is 2.24. The summed E-state index contributed by atoms with van der Waals surface area (Å²) in [7, 11) is 1.60. The van der Waals surface area contributed by atoms with E-state index in [0.717, 1.165) is 16.3 Å². The van der Waals surface area contributed by atoms with E-state index in [1.54, 1.807) is 13.2 Å². The summed E-state index contributed by atoms with van der Waals surface area (Å²) in [5.74, 6) is 1.90. The molecule has 1 saturated carbocycles. The van der Waals surface area contributed by atoms with Crippen LogP contribution in [0.4, 0.5) is 0 Å². The van der Waals surface area contributed by atoms with Crippen LogP contribution in [-0.4, -0.2) is 24.9 Å². The Bertz CT molecular complexity index is 493. The summed E-state index contributed by atoms with van der Waals surface area (Å²) in [6.45, 7) is 0.749. The molecule has 1 aliphatic rings. The van der Waals surface area contributed by atoms with Gasteiger partial charge in [-0.25, -0.2) is 0 Å². The molecule has 1 aromatic rings. The van der Waals surface area contributed by atoms with Crippen molar-refractivity contribution in [2.24, 2.45) is 11.8 Å². The highest BCUT2D eigenvalue weighted by molar-refractivity contribution is 9.10. The smallest absolute Gasteiger partial charge is 0.252 e. The molecule has 0 heterocycles. The predicted molar refractivity (Wildman–Crippen MR) is 92.3 cm³/mol. The number of hydrogen-bond donors (Lipinski definition) is 1. The van der Waals surface area contributed by atoms with Gasteiger partial charge in [-0.2, -0.15) is 0 Å². The lowest BCUT2D eigenvalue weighted by Crippen LogP contribution is -2.35. The zero-order valence-electron chi connectivity index (χ0n) is 12.2. The van der Waals surface area contributed by atoms with Crippen molar-refractivity contribution in [2.45, 2.75) is 25.7 Å². The maximum atomic E-state index is 12.4. The number of alkyl halides is 1. The molecule has 0 aromatic heterocycles. The summed E-state index contributed by atoms with van der Waals surface area (Å²) in [5, 5.41) is 4.10. The quantitative estimate of drug-likeness (QED) is 0.720. The Hall–Kier alpha value is -0.550. The van der Waals surface area contributed by atoms with Crippen molar-refractivity contribution < 1.29 is 9.53 Å². The van der Waals surface area contributed by atoms with Crippen LogP contribution in [0.2, 0.25) is 0 Å². The van der Waals surface area contributed by atoms with Gasteiger partial charge >= 0.3 is 0 Å². The number of methoxy groups -OCH3 is 1. The third kappa shape index (κ3) is 4.46. The SMILES string of the molecule is COc1ccc(Br)c(C(=O)NCC2CCCCC2CBr)c1. The van der Waals surface area contributed by atoms with E-state index in [1.807, 2.05) is 12.1 Å². The number of halogens is 2. The fourth-order valence-corrected chi connectivity index (χ4v) is 4.16. The minimum atomic E-state index is -0.0420. The number of ether oxygens (including phenoxy) is 1. The van der Waals surface area contributed by atoms with Crippen LogP contribution in [0.15, 0.2) is 22.7 Å². The first-order valence-corrected chi connectivity index (χ1v) is 9.25. The molecule has 2 unspecified atom stereocenters. The molecule has 1 aromatic carbocycles. The van der Waals surface area contributed by atoms with Crippen LogP contribution in [0.25, 0.3) is 0 Å². The molecule has 2 atom stereocenters. The molecule has 1 aliphatic carbocycles.